The monoisotopic (exact) mass is 272 g/mol. The quantitative estimate of drug-likeness (QED) is 0.864. The van der Waals surface area contributed by atoms with Gasteiger partial charge in [-0.05, 0) is 43.0 Å². The second-order valence-corrected chi connectivity index (χ2v) is 6.16. The highest BCUT2D eigenvalue weighted by Gasteiger charge is 2.25. The maximum Gasteiger partial charge on any atom is 0.123 e. The average Bonchev–Trinajstić information content (AvgIpc) is 3.10. The van der Waals surface area contributed by atoms with Gasteiger partial charge in [0.25, 0.3) is 0 Å². The second kappa shape index (κ2) is 5.74. The summed E-state index contributed by atoms with van der Waals surface area (Å²) >= 11 is 1.69. The van der Waals surface area contributed by atoms with Gasteiger partial charge in [-0.15, -0.1) is 11.3 Å². The van der Waals surface area contributed by atoms with E-state index in [1.54, 1.807) is 11.3 Å². The molecule has 19 heavy (non-hydrogen) atoms. The number of nitrogens with zero attached hydrogens (tertiary/aromatic N) is 1. The van der Waals surface area contributed by atoms with Crippen LogP contribution in [0.4, 0.5) is 5.69 Å². The largest absolute Gasteiger partial charge is 0.382 e. The summed E-state index contributed by atoms with van der Waals surface area (Å²) < 4.78 is 0. The molecule has 1 aromatic carbocycles. The van der Waals surface area contributed by atoms with E-state index in [0.29, 0.717) is 6.04 Å². The Hall–Kier alpha value is -1.35. The first kappa shape index (κ1) is 12.7. The summed E-state index contributed by atoms with van der Waals surface area (Å²) in [5.41, 5.74) is 2.45. The van der Waals surface area contributed by atoms with Crippen LogP contribution in [0.25, 0.3) is 10.6 Å². The van der Waals surface area contributed by atoms with E-state index < -0.39 is 0 Å². The zero-order valence-electron chi connectivity index (χ0n) is 11.3. The summed E-state index contributed by atoms with van der Waals surface area (Å²) in [6.45, 7) is 2.30. The molecular weight excluding hydrogens is 252 g/mol. The molecule has 2 aromatic rings. The molecule has 0 bridgehead atoms. The molecule has 3 rings (SSSR count). The van der Waals surface area contributed by atoms with Gasteiger partial charge in [0.1, 0.15) is 5.01 Å². The summed E-state index contributed by atoms with van der Waals surface area (Å²) in [4.78, 5) is 4.34. The molecule has 1 aliphatic rings. The molecule has 3 heteroatoms. The molecule has 1 saturated carbocycles. The normalized spacial score (nSPS) is 22.6. The van der Waals surface area contributed by atoms with Gasteiger partial charge < -0.3 is 5.32 Å². The highest BCUT2D eigenvalue weighted by Crippen LogP contribution is 2.31. The van der Waals surface area contributed by atoms with Crippen molar-refractivity contribution in [2.45, 2.75) is 38.6 Å². The van der Waals surface area contributed by atoms with E-state index in [4.69, 9.17) is 0 Å². The van der Waals surface area contributed by atoms with Gasteiger partial charge in [-0.2, -0.15) is 0 Å². The number of rotatable bonds is 4. The predicted octanol–water partition coefficient (Wildman–Crippen LogP) is 4.80. The van der Waals surface area contributed by atoms with Gasteiger partial charge in [-0.3, -0.25) is 0 Å². The van der Waals surface area contributed by atoms with Gasteiger partial charge in [0.2, 0.25) is 0 Å². The second-order valence-electron chi connectivity index (χ2n) is 5.26. The lowest BCUT2D eigenvalue weighted by Crippen LogP contribution is -2.23. The fraction of sp³-hybridized carbons (Fsp3) is 0.438. The molecule has 2 nitrogen and oxygen atoms in total. The van der Waals surface area contributed by atoms with Crippen LogP contribution >= 0.6 is 11.3 Å². The number of hydrogen-bond acceptors (Lipinski definition) is 3. The van der Waals surface area contributed by atoms with Gasteiger partial charge in [0.15, 0.2) is 0 Å². The molecule has 1 heterocycles. The lowest BCUT2D eigenvalue weighted by molar-refractivity contribution is 0.489. The van der Waals surface area contributed by atoms with Gasteiger partial charge in [-0.25, -0.2) is 4.98 Å². The number of benzene rings is 1. The Kier molecular flexibility index (Phi) is 3.83. The van der Waals surface area contributed by atoms with E-state index in [0.717, 1.165) is 10.9 Å². The van der Waals surface area contributed by atoms with Crippen LogP contribution in [0.5, 0.6) is 0 Å². The van der Waals surface area contributed by atoms with Crippen molar-refractivity contribution in [2.24, 2.45) is 5.92 Å². The van der Waals surface area contributed by atoms with E-state index >= 15 is 0 Å². The topological polar surface area (TPSA) is 24.9 Å². The molecule has 0 radical (unpaired) electrons. The van der Waals surface area contributed by atoms with Crippen LogP contribution in [0.3, 0.4) is 0 Å². The standard InChI is InChI=1S/C16H20N2S/c1-2-12-4-3-5-15(12)18-14-8-6-13(7-9-14)16-17-10-11-19-16/h6-12,15,18H,2-5H2,1H3. The molecule has 1 N–H and O–H groups in total. The Bertz CT molecular complexity index is 504. The maximum absolute atomic E-state index is 4.34. The van der Waals surface area contributed by atoms with E-state index in [-0.39, 0.29) is 0 Å². The van der Waals surface area contributed by atoms with Gasteiger partial charge in [0, 0.05) is 28.9 Å². The van der Waals surface area contributed by atoms with Crippen LogP contribution in [-0.4, -0.2) is 11.0 Å². The summed E-state index contributed by atoms with van der Waals surface area (Å²) in [5, 5.41) is 6.81. The summed E-state index contributed by atoms with van der Waals surface area (Å²) in [5.74, 6) is 0.846. The van der Waals surface area contributed by atoms with Gasteiger partial charge >= 0.3 is 0 Å². The maximum atomic E-state index is 4.34. The number of thiazole rings is 1. The van der Waals surface area contributed by atoms with Crippen LogP contribution in [0.1, 0.15) is 32.6 Å². The smallest absolute Gasteiger partial charge is 0.123 e. The minimum Gasteiger partial charge on any atom is -0.382 e. The minimum absolute atomic E-state index is 0.663. The molecule has 1 fully saturated rings. The van der Waals surface area contributed by atoms with Crippen molar-refractivity contribution < 1.29 is 0 Å². The molecule has 0 spiro atoms. The fourth-order valence-corrected chi connectivity index (χ4v) is 3.65. The highest BCUT2D eigenvalue weighted by molar-refractivity contribution is 7.13. The van der Waals surface area contributed by atoms with Crippen molar-refractivity contribution in [3.63, 3.8) is 0 Å². The van der Waals surface area contributed by atoms with Crippen LogP contribution in [0.2, 0.25) is 0 Å². The van der Waals surface area contributed by atoms with Crippen molar-refractivity contribution in [3.8, 4) is 10.6 Å². The van der Waals surface area contributed by atoms with E-state index in [9.17, 15) is 0 Å². The molecule has 1 aromatic heterocycles. The Labute approximate surface area is 118 Å². The third-order valence-corrected chi connectivity index (χ3v) is 4.92. The van der Waals surface area contributed by atoms with Crippen LogP contribution < -0.4 is 5.32 Å². The van der Waals surface area contributed by atoms with Crippen molar-refractivity contribution >= 4 is 17.0 Å². The summed E-state index contributed by atoms with van der Waals surface area (Å²) in [6, 6.07) is 9.35. The third-order valence-electron chi connectivity index (χ3n) is 4.10. The van der Waals surface area contributed by atoms with Crippen LogP contribution in [0.15, 0.2) is 35.8 Å². The summed E-state index contributed by atoms with van der Waals surface area (Å²) in [6.07, 6.45) is 7.21. The fourth-order valence-electron chi connectivity index (χ4n) is 3.00. The minimum atomic E-state index is 0.663. The Morgan fingerprint density at radius 2 is 2.11 bits per heavy atom. The Balaban J connectivity index is 1.69. The molecule has 0 aliphatic heterocycles. The molecule has 0 saturated heterocycles. The lowest BCUT2D eigenvalue weighted by Gasteiger charge is -2.20. The predicted molar refractivity (Wildman–Crippen MR) is 82.6 cm³/mol. The number of nitrogens with one attached hydrogen (secondary N) is 1. The Morgan fingerprint density at radius 1 is 1.26 bits per heavy atom. The van der Waals surface area contributed by atoms with Crippen molar-refractivity contribution in [1.82, 2.24) is 4.98 Å². The number of anilines is 1. The molecular formula is C16H20N2S. The van der Waals surface area contributed by atoms with E-state index in [1.165, 1.54) is 36.9 Å². The molecule has 100 valence electrons. The first-order valence-electron chi connectivity index (χ1n) is 7.13. The highest BCUT2D eigenvalue weighted by atomic mass is 32.1. The Morgan fingerprint density at radius 3 is 2.79 bits per heavy atom. The molecule has 1 aliphatic carbocycles. The lowest BCUT2D eigenvalue weighted by atomic mass is 10.0. The average molecular weight is 272 g/mol. The first-order chi connectivity index (χ1) is 9.36. The van der Waals surface area contributed by atoms with Gasteiger partial charge in [-0.1, -0.05) is 19.8 Å². The van der Waals surface area contributed by atoms with Crippen LogP contribution in [-0.2, 0) is 0 Å². The SMILES string of the molecule is CCC1CCCC1Nc1ccc(-c2nccs2)cc1. The molecule has 0 amide bonds. The molecule has 2 atom stereocenters. The number of hydrogen-bond donors (Lipinski definition) is 1. The summed E-state index contributed by atoms with van der Waals surface area (Å²) in [7, 11) is 0. The van der Waals surface area contributed by atoms with Crippen molar-refractivity contribution in [2.75, 3.05) is 5.32 Å². The van der Waals surface area contributed by atoms with Gasteiger partial charge in [0.05, 0.1) is 0 Å². The van der Waals surface area contributed by atoms with Crippen molar-refractivity contribution in [3.05, 3.63) is 35.8 Å². The zero-order valence-corrected chi connectivity index (χ0v) is 12.1. The van der Waals surface area contributed by atoms with E-state index in [1.807, 2.05) is 11.6 Å². The van der Waals surface area contributed by atoms with E-state index in [2.05, 4.69) is 41.5 Å². The van der Waals surface area contributed by atoms with Crippen molar-refractivity contribution in [1.29, 1.82) is 0 Å². The third kappa shape index (κ3) is 2.81. The zero-order chi connectivity index (χ0) is 13.1. The first-order valence-corrected chi connectivity index (χ1v) is 8.01. The number of aromatic nitrogens is 1. The molecule has 2 unspecified atom stereocenters. The van der Waals surface area contributed by atoms with Crippen LogP contribution in [0, 0.1) is 5.92 Å².